The molecule has 0 spiro atoms. The maximum Gasteiger partial charge on any atom is 0.282 e. The van der Waals surface area contributed by atoms with Crippen LogP contribution in [0.3, 0.4) is 0 Å². The summed E-state index contributed by atoms with van der Waals surface area (Å²) in [4.78, 5) is 15.1. The van der Waals surface area contributed by atoms with Gasteiger partial charge in [0.25, 0.3) is 5.91 Å². The molecule has 0 saturated heterocycles. The van der Waals surface area contributed by atoms with Crippen molar-refractivity contribution < 1.29 is 10.1 Å². The molecule has 2 N–H and O–H groups in total. The molecule has 1 aromatic rings. The number of aryl methyl sites for hydroxylation is 1. The quantitative estimate of drug-likeness (QED) is 0.907. The summed E-state index contributed by atoms with van der Waals surface area (Å²) in [5.74, 6) is 0.223. The van der Waals surface area contributed by atoms with Gasteiger partial charge in [0.15, 0.2) is 6.54 Å². The van der Waals surface area contributed by atoms with Gasteiger partial charge in [-0.1, -0.05) is 24.6 Å². The summed E-state index contributed by atoms with van der Waals surface area (Å²) < 4.78 is 0. The zero-order chi connectivity index (χ0) is 17.3. The lowest BCUT2D eigenvalue weighted by Gasteiger charge is -2.41. The van der Waals surface area contributed by atoms with Gasteiger partial charge in [-0.05, 0) is 70.6 Å². The molecule has 1 aliphatic heterocycles. The van der Waals surface area contributed by atoms with Crippen LogP contribution in [0.25, 0.3) is 5.57 Å². The van der Waals surface area contributed by atoms with E-state index in [4.69, 9.17) is 0 Å². The fourth-order valence-corrected chi connectivity index (χ4v) is 4.33. The third-order valence-electron chi connectivity index (χ3n) is 5.49. The molecule has 1 aromatic carbocycles. The Bertz CT molecular complexity index is 654. The summed E-state index contributed by atoms with van der Waals surface area (Å²) in [6, 6.07) is 7.07. The first kappa shape index (κ1) is 17.2. The Balaban J connectivity index is 1.82. The normalized spacial score (nSPS) is 20.5. The van der Waals surface area contributed by atoms with E-state index >= 15 is 0 Å². The second-order valence-electron chi connectivity index (χ2n) is 8.07. The Kier molecular flexibility index (Phi) is 4.82. The molecule has 3 rings (SSSR count). The molecule has 0 unspecified atom stereocenters. The average Bonchev–Trinajstić information content (AvgIpc) is 2.52. The molecule has 1 amide bonds. The lowest BCUT2D eigenvalue weighted by molar-refractivity contribution is -0.681. The van der Waals surface area contributed by atoms with Crippen LogP contribution in [0, 0.1) is 6.92 Å². The van der Waals surface area contributed by atoms with Crippen molar-refractivity contribution in [2.75, 3.05) is 11.4 Å². The highest BCUT2D eigenvalue weighted by molar-refractivity contribution is 6.01. The summed E-state index contributed by atoms with van der Waals surface area (Å²) in [6.07, 6.45) is 8.72. The van der Waals surface area contributed by atoms with Crippen LogP contribution in [0.2, 0.25) is 0 Å². The summed E-state index contributed by atoms with van der Waals surface area (Å²) in [7, 11) is 0. The molecule has 0 radical (unpaired) electrons. The molecule has 0 bridgehead atoms. The van der Waals surface area contributed by atoms with Gasteiger partial charge in [-0.3, -0.25) is 9.69 Å². The van der Waals surface area contributed by atoms with Gasteiger partial charge in [-0.15, -0.1) is 0 Å². The zero-order valence-electron chi connectivity index (χ0n) is 15.6. The predicted molar refractivity (Wildman–Crippen MR) is 100 cm³/mol. The molecule has 1 aliphatic carbocycles. The number of fused-ring (bicyclic) bond motifs is 1. The molecular formula is C21H31N2O+. The summed E-state index contributed by atoms with van der Waals surface area (Å²) >= 11 is 0. The predicted octanol–water partition coefficient (Wildman–Crippen LogP) is 3.42. The van der Waals surface area contributed by atoms with Gasteiger partial charge in [-0.2, -0.15) is 0 Å². The Labute approximate surface area is 146 Å². The van der Waals surface area contributed by atoms with E-state index in [0.717, 1.165) is 5.69 Å². The highest BCUT2D eigenvalue weighted by atomic mass is 16.2. The van der Waals surface area contributed by atoms with E-state index in [1.807, 2.05) is 4.90 Å². The number of carbonyl (C=O) groups excluding carboxylic acids is 1. The van der Waals surface area contributed by atoms with Crippen LogP contribution in [0.1, 0.15) is 64.0 Å². The minimum Gasteiger partial charge on any atom is -0.336 e. The average molecular weight is 327 g/mol. The van der Waals surface area contributed by atoms with Crippen LogP contribution >= 0.6 is 0 Å². The van der Waals surface area contributed by atoms with Crippen molar-refractivity contribution in [3.05, 3.63) is 35.4 Å². The van der Waals surface area contributed by atoms with Gasteiger partial charge < -0.3 is 5.32 Å². The number of hydrogen-bond donors (Lipinski definition) is 1. The van der Waals surface area contributed by atoms with Crippen molar-refractivity contribution in [1.29, 1.82) is 0 Å². The van der Waals surface area contributed by atoms with Crippen molar-refractivity contribution in [1.82, 2.24) is 0 Å². The van der Waals surface area contributed by atoms with Gasteiger partial charge in [0, 0.05) is 5.56 Å². The zero-order valence-corrected chi connectivity index (χ0v) is 15.6. The molecule has 24 heavy (non-hydrogen) atoms. The number of amides is 1. The van der Waals surface area contributed by atoms with E-state index in [-0.39, 0.29) is 11.4 Å². The fourth-order valence-electron chi connectivity index (χ4n) is 4.33. The van der Waals surface area contributed by atoms with Crippen molar-refractivity contribution in [3.8, 4) is 0 Å². The number of carbonyl (C=O) groups is 1. The molecule has 130 valence electrons. The molecule has 1 fully saturated rings. The molecule has 1 heterocycles. The van der Waals surface area contributed by atoms with E-state index in [1.54, 1.807) is 0 Å². The van der Waals surface area contributed by atoms with Gasteiger partial charge in [0.05, 0.1) is 17.3 Å². The van der Waals surface area contributed by atoms with Crippen molar-refractivity contribution in [3.63, 3.8) is 0 Å². The Hall–Kier alpha value is -1.61. The molecule has 0 aromatic heterocycles. The van der Waals surface area contributed by atoms with Crippen LogP contribution in [0.4, 0.5) is 5.69 Å². The minimum absolute atomic E-state index is 0.223. The van der Waals surface area contributed by atoms with Gasteiger partial charge in [0.1, 0.15) is 0 Å². The molecule has 3 heteroatoms. The van der Waals surface area contributed by atoms with Crippen LogP contribution in [0.5, 0.6) is 0 Å². The first-order valence-electron chi connectivity index (χ1n) is 9.35. The number of rotatable bonds is 3. The van der Waals surface area contributed by atoms with Crippen LogP contribution < -0.4 is 10.2 Å². The second-order valence-corrected chi connectivity index (χ2v) is 8.07. The van der Waals surface area contributed by atoms with E-state index in [1.165, 1.54) is 48.8 Å². The molecular weight excluding hydrogens is 296 g/mol. The SMILES string of the molecule is CC1=CC(C)(C)N(C(=O)C[NH2+]C2CCCCC2)c2cc(C)ccc21. The number of nitrogens with two attached hydrogens (primary N) is 1. The number of quaternary nitrogens is 1. The van der Waals surface area contributed by atoms with E-state index in [9.17, 15) is 4.79 Å². The van der Waals surface area contributed by atoms with E-state index in [0.29, 0.717) is 12.6 Å². The van der Waals surface area contributed by atoms with Crippen LogP contribution in [-0.4, -0.2) is 24.0 Å². The summed E-state index contributed by atoms with van der Waals surface area (Å²) in [5.41, 5.74) is 4.44. The second kappa shape index (κ2) is 6.72. The third-order valence-corrected chi connectivity index (χ3v) is 5.49. The van der Waals surface area contributed by atoms with E-state index < -0.39 is 0 Å². The molecule has 3 nitrogen and oxygen atoms in total. The number of allylic oxidation sites excluding steroid dienone is 1. The smallest absolute Gasteiger partial charge is 0.282 e. The van der Waals surface area contributed by atoms with E-state index in [2.05, 4.69) is 57.3 Å². The number of benzene rings is 1. The van der Waals surface area contributed by atoms with Gasteiger partial charge in [0.2, 0.25) is 0 Å². The van der Waals surface area contributed by atoms with Crippen molar-refractivity contribution in [2.45, 2.75) is 71.4 Å². The molecule has 0 atom stereocenters. The fraction of sp³-hybridized carbons (Fsp3) is 0.571. The standard InChI is InChI=1S/C21H30N2O/c1-15-10-11-18-16(2)13-21(3,4)23(19(18)12-15)20(24)14-22-17-8-6-5-7-9-17/h10-13,17,22H,5-9,14H2,1-4H3/p+1. The van der Waals surface area contributed by atoms with Crippen molar-refractivity contribution in [2.24, 2.45) is 0 Å². The van der Waals surface area contributed by atoms with Crippen LogP contribution in [0.15, 0.2) is 24.3 Å². The van der Waals surface area contributed by atoms with Gasteiger partial charge in [-0.25, -0.2) is 0 Å². The number of nitrogens with zero attached hydrogens (tertiary/aromatic N) is 1. The van der Waals surface area contributed by atoms with Crippen molar-refractivity contribution >= 4 is 17.2 Å². The lowest BCUT2D eigenvalue weighted by atomic mass is 9.88. The summed E-state index contributed by atoms with van der Waals surface area (Å²) in [6.45, 7) is 9.07. The third kappa shape index (κ3) is 3.41. The highest BCUT2D eigenvalue weighted by Crippen LogP contribution is 2.39. The first-order chi connectivity index (χ1) is 11.4. The topological polar surface area (TPSA) is 36.9 Å². The monoisotopic (exact) mass is 327 g/mol. The molecule has 1 saturated carbocycles. The largest absolute Gasteiger partial charge is 0.336 e. The minimum atomic E-state index is -0.275. The van der Waals surface area contributed by atoms with Crippen LogP contribution in [-0.2, 0) is 4.79 Å². The lowest BCUT2D eigenvalue weighted by Crippen LogP contribution is -2.92. The first-order valence-corrected chi connectivity index (χ1v) is 9.35. The number of anilines is 1. The maximum absolute atomic E-state index is 13.1. The maximum atomic E-state index is 13.1. The van der Waals surface area contributed by atoms with Gasteiger partial charge >= 0.3 is 0 Å². The summed E-state index contributed by atoms with van der Waals surface area (Å²) in [5, 5.41) is 2.28. The molecule has 2 aliphatic rings. The Morgan fingerprint density at radius 3 is 2.62 bits per heavy atom. The number of hydrogen-bond acceptors (Lipinski definition) is 1. The Morgan fingerprint density at radius 2 is 1.92 bits per heavy atom. The Morgan fingerprint density at radius 1 is 1.21 bits per heavy atom. The highest BCUT2D eigenvalue weighted by Gasteiger charge is 2.36.